The van der Waals surface area contributed by atoms with Gasteiger partial charge in [0.2, 0.25) is 5.88 Å². The molecule has 18 heavy (non-hydrogen) atoms. The molecule has 1 amide bonds. The summed E-state index contributed by atoms with van der Waals surface area (Å²) >= 11 is 3.21. The number of pyridine rings is 1. The summed E-state index contributed by atoms with van der Waals surface area (Å²) in [6, 6.07) is 4.91. The van der Waals surface area contributed by atoms with Crippen LogP contribution in [-0.4, -0.2) is 27.8 Å². The molecule has 1 N–H and O–H groups in total. The van der Waals surface area contributed by atoms with Crippen LogP contribution < -0.4 is 10.1 Å². The van der Waals surface area contributed by atoms with E-state index >= 15 is 0 Å². The second kappa shape index (κ2) is 5.18. The molecule has 94 valence electrons. The van der Waals surface area contributed by atoms with Crippen molar-refractivity contribution in [2.75, 3.05) is 12.4 Å². The van der Waals surface area contributed by atoms with Crippen LogP contribution in [0.15, 0.2) is 29.0 Å². The minimum Gasteiger partial charge on any atom is -0.481 e. The zero-order valence-corrected chi connectivity index (χ0v) is 11.4. The molecule has 0 aliphatic heterocycles. The van der Waals surface area contributed by atoms with E-state index in [9.17, 15) is 4.79 Å². The number of carbonyl (C=O) groups is 1. The van der Waals surface area contributed by atoms with Crippen LogP contribution in [0.25, 0.3) is 0 Å². The molecule has 0 aliphatic rings. The highest BCUT2D eigenvalue weighted by molar-refractivity contribution is 9.10. The standard InChI is InChI=1S/C11H11BrN4O2/c1-16-10(18-2)6-9(15-16)14-11(17)7-3-4-13-8(12)5-7/h3-6H,1-2H3,(H,14,15,17). The van der Waals surface area contributed by atoms with Crippen LogP contribution in [0.1, 0.15) is 10.4 Å². The first-order valence-electron chi connectivity index (χ1n) is 5.11. The molecule has 0 atom stereocenters. The minimum atomic E-state index is -0.251. The molecule has 0 bridgehead atoms. The zero-order valence-electron chi connectivity index (χ0n) is 9.85. The van der Waals surface area contributed by atoms with Crippen molar-refractivity contribution in [3.63, 3.8) is 0 Å². The van der Waals surface area contributed by atoms with E-state index in [2.05, 4.69) is 31.3 Å². The van der Waals surface area contributed by atoms with E-state index in [4.69, 9.17) is 4.74 Å². The van der Waals surface area contributed by atoms with Gasteiger partial charge >= 0.3 is 0 Å². The van der Waals surface area contributed by atoms with E-state index < -0.39 is 0 Å². The second-order valence-corrected chi connectivity index (χ2v) is 4.33. The summed E-state index contributed by atoms with van der Waals surface area (Å²) in [6.45, 7) is 0. The average molecular weight is 311 g/mol. The van der Waals surface area contributed by atoms with Crippen molar-refractivity contribution in [1.82, 2.24) is 14.8 Å². The van der Waals surface area contributed by atoms with Crippen molar-refractivity contribution >= 4 is 27.7 Å². The van der Waals surface area contributed by atoms with Gasteiger partial charge in [-0.2, -0.15) is 5.10 Å². The number of rotatable bonds is 3. The number of carbonyl (C=O) groups excluding carboxylic acids is 1. The molecule has 0 radical (unpaired) electrons. The minimum absolute atomic E-state index is 0.251. The van der Waals surface area contributed by atoms with Crippen LogP contribution in [0.3, 0.4) is 0 Å². The molecule has 2 rings (SSSR count). The molecule has 2 aromatic heterocycles. The third-order valence-corrected chi connectivity index (χ3v) is 2.71. The van der Waals surface area contributed by atoms with E-state index in [-0.39, 0.29) is 5.91 Å². The van der Waals surface area contributed by atoms with Crippen molar-refractivity contribution < 1.29 is 9.53 Å². The number of ether oxygens (including phenoxy) is 1. The molecule has 0 fully saturated rings. The molecule has 2 aromatic rings. The zero-order chi connectivity index (χ0) is 13.1. The van der Waals surface area contributed by atoms with Crippen LogP contribution in [0.5, 0.6) is 5.88 Å². The summed E-state index contributed by atoms with van der Waals surface area (Å²) in [5.74, 6) is 0.757. The maximum absolute atomic E-state index is 11.9. The van der Waals surface area contributed by atoms with Crippen molar-refractivity contribution in [1.29, 1.82) is 0 Å². The Morgan fingerprint density at radius 2 is 2.28 bits per heavy atom. The van der Waals surface area contributed by atoms with E-state index in [1.165, 1.54) is 4.68 Å². The fourth-order valence-electron chi connectivity index (χ4n) is 1.43. The van der Waals surface area contributed by atoms with Crippen LogP contribution in [-0.2, 0) is 7.05 Å². The summed E-state index contributed by atoms with van der Waals surface area (Å²) < 4.78 is 7.21. The lowest BCUT2D eigenvalue weighted by Gasteiger charge is -2.01. The van der Waals surface area contributed by atoms with Gasteiger partial charge in [0.05, 0.1) is 7.11 Å². The summed E-state index contributed by atoms with van der Waals surface area (Å²) in [6.07, 6.45) is 1.55. The molecule has 2 heterocycles. The summed E-state index contributed by atoms with van der Waals surface area (Å²) in [4.78, 5) is 15.9. The number of anilines is 1. The van der Waals surface area contributed by atoms with Crippen molar-refractivity contribution in [3.8, 4) is 5.88 Å². The smallest absolute Gasteiger partial charge is 0.257 e. The Kier molecular flexibility index (Phi) is 3.61. The quantitative estimate of drug-likeness (QED) is 0.878. The highest BCUT2D eigenvalue weighted by Gasteiger charge is 2.10. The molecule has 6 nitrogen and oxygen atoms in total. The largest absolute Gasteiger partial charge is 0.481 e. The predicted molar refractivity (Wildman–Crippen MR) is 69.7 cm³/mol. The van der Waals surface area contributed by atoms with Crippen molar-refractivity contribution in [2.45, 2.75) is 0 Å². The third kappa shape index (κ3) is 2.67. The first-order chi connectivity index (χ1) is 8.60. The van der Waals surface area contributed by atoms with Gasteiger partial charge in [-0.15, -0.1) is 0 Å². The Bertz CT molecular complexity index is 582. The Morgan fingerprint density at radius 3 is 2.89 bits per heavy atom. The SMILES string of the molecule is COc1cc(NC(=O)c2ccnc(Br)c2)nn1C. The molecule has 0 spiro atoms. The highest BCUT2D eigenvalue weighted by atomic mass is 79.9. The van der Waals surface area contributed by atoms with Gasteiger partial charge in [-0.25, -0.2) is 9.67 Å². The van der Waals surface area contributed by atoms with Gasteiger partial charge in [-0.05, 0) is 28.1 Å². The van der Waals surface area contributed by atoms with Crippen molar-refractivity contribution in [3.05, 3.63) is 34.6 Å². The summed E-state index contributed by atoms with van der Waals surface area (Å²) in [7, 11) is 3.28. The Hall–Kier alpha value is -1.89. The van der Waals surface area contributed by atoms with Gasteiger partial charge in [0, 0.05) is 24.9 Å². The number of nitrogens with zero attached hydrogens (tertiary/aromatic N) is 3. The molecular formula is C11H11BrN4O2. The predicted octanol–water partition coefficient (Wildman–Crippen LogP) is 1.84. The van der Waals surface area contributed by atoms with Gasteiger partial charge < -0.3 is 10.1 Å². The van der Waals surface area contributed by atoms with Crippen LogP contribution in [0.2, 0.25) is 0 Å². The number of hydrogen-bond donors (Lipinski definition) is 1. The topological polar surface area (TPSA) is 69.0 Å². The molecule has 7 heteroatoms. The maximum Gasteiger partial charge on any atom is 0.257 e. The summed E-state index contributed by atoms with van der Waals surface area (Å²) in [5.41, 5.74) is 0.501. The number of halogens is 1. The number of aromatic nitrogens is 3. The normalized spacial score (nSPS) is 10.2. The van der Waals surface area contributed by atoms with Gasteiger partial charge in [-0.1, -0.05) is 0 Å². The van der Waals surface area contributed by atoms with E-state index in [1.54, 1.807) is 38.6 Å². The lowest BCUT2D eigenvalue weighted by Crippen LogP contribution is -2.12. The first kappa shape index (κ1) is 12.6. The average Bonchev–Trinajstić information content (AvgIpc) is 2.69. The summed E-state index contributed by atoms with van der Waals surface area (Å²) in [5, 5.41) is 6.78. The molecule has 0 saturated carbocycles. The van der Waals surface area contributed by atoms with E-state index in [1.807, 2.05) is 0 Å². The van der Waals surface area contributed by atoms with E-state index in [0.29, 0.717) is 21.9 Å². The fraction of sp³-hybridized carbons (Fsp3) is 0.182. The second-order valence-electron chi connectivity index (χ2n) is 3.52. The van der Waals surface area contributed by atoms with Crippen molar-refractivity contribution in [2.24, 2.45) is 7.05 Å². The Balaban J connectivity index is 2.16. The van der Waals surface area contributed by atoms with E-state index in [0.717, 1.165) is 0 Å². The van der Waals surface area contributed by atoms with Crippen LogP contribution in [0.4, 0.5) is 5.82 Å². The number of aryl methyl sites for hydroxylation is 1. The lowest BCUT2D eigenvalue weighted by atomic mass is 10.2. The fourth-order valence-corrected chi connectivity index (χ4v) is 1.80. The molecule has 0 aliphatic carbocycles. The lowest BCUT2D eigenvalue weighted by molar-refractivity contribution is 0.102. The molecular weight excluding hydrogens is 300 g/mol. The highest BCUT2D eigenvalue weighted by Crippen LogP contribution is 2.16. The number of methoxy groups -OCH3 is 1. The number of amides is 1. The molecule has 0 aromatic carbocycles. The number of nitrogens with one attached hydrogen (secondary N) is 1. The Labute approximate surface area is 112 Å². The Morgan fingerprint density at radius 1 is 1.50 bits per heavy atom. The third-order valence-electron chi connectivity index (χ3n) is 2.28. The van der Waals surface area contributed by atoms with Gasteiger partial charge in [0.25, 0.3) is 5.91 Å². The van der Waals surface area contributed by atoms with Gasteiger partial charge in [0.1, 0.15) is 4.60 Å². The van der Waals surface area contributed by atoms with Gasteiger partial charge in [-0.3, -0.25) is 4.79 Å². The maximum atomic E-state index is 11.9. The monoisotopic (exact) mass is 310 g/mol. The molecule has 0 unspecified atom stereocenters. The van der Waals surface area contributed by atoms with Crippen LogP contribution in [0, 0.1) is 0 Å². The first-order valence-corrected chi connectivity index (χ1v) is 5.90. The van der Waals surface area contributed by atoms with Crippen LogP contribution >= 0.6 is 15.9 Å². The van der Waals surface area contributed by atoms with Gasteiger partial charge in [0.15, 0.2) is 5.82 Å². The molecule has 0 saturated heterocycles. The number of hydrogen-bond acceptors (Lipinski definition) is 4.